The van der Waals surface area contributed by atoms with Crippen LogP contribution in [-0.4, -0.2) is 20.7 Å². The molecule has 0 saturated heterocycles. The molecule has 0 bridgehead atoms. The summed E-state index contributed by atoms with van der Waals surface area (Å²) < 4.78 is 28.9. The molecule has 3 aromatic rings. The predicted octanol–water partition coefficient (Wildman–Crippen LogP) is 3.11. The largest absolute Gasteiger partial charge is 0.364 e. The van der Waals surface area contributed by atoms with Crippen LogP contribution in [0.5, 0.6) is 0 Å². The number of hydrogen-bond acceptors (Lipinski definition) is 3. The summed E-state index contributed by atoms with van der Waals surface area (Å²) in [4.78, 5) is 15.8. The molecule has 0 aliphatic heterocycles. The number of nitrogens with two attached hydrogens (primary N) is 1. The Kier molecular flexibility index (Phi) is 3.99. The lowest BCUT2D eigenvalue weighted by Crippen LogP contribution is -2.20. The van der Waals surface area contributed by atoms with E-state index in [1.807, 2.05) is 6.07 Å². The van der Waals surface area contributed by atoms with Crippen molar-refractivity contribution in [3.05, 3.63) is 76.9 Å². The molecule has 0 fully saturated rings. The maximum Gasteiger partial charge on any atom is 0.267 e. The average Bonchev–Trinajstić information content (AvgIpc) is 3.05. The zero-order chi connectivity index (χ0) is 18.3. The molecule has 5 nitrogen and oxygen atoms in total. The van der Waals surface area contributed by atoms with Crippen molar-refractivity contribution >= 4 is 5.91 Å². The summed E-state index contributed by atoms with van der Waals surface area (Å²) in [6.07, 6.45) is 5.59. The third-order valence-electron chi connectivity index (χ3n) is 4.77. The van der Waals surface area contributed by atoms with E-state index in [0.717, 1.165) is 42.1 Å². The van der Waals surface area contributed by atoms with Gasteiger partial charge < -0.3 is 5.73 Å². The first-order valence-electron chi connectivity index (χ1n) is 8.33. The lowest BCUT2D eigenvalue weighted by Gasteiger charge is -2.24. The molecule has 0 saturated carbocycles. The second-order valence-electron chi connectivity index (χ2n) is 6.30. The normalized spacial score (nSPS) is 16.3. The molecular weight excluding hydrogens is 338 g/mol. The third-order valence-corrected chi connectivity index (χ3v) is 4.77. The van der Waals surface area contributed by atoms with Crippen LogP contribution in [0.1, 0.15) is 46.1 Å². The zero-order valence-corrected chi connectivity index (χ0v) is 13.8. The van der Waals surface area contributed by atoms with Crippen molar-refractivity contribution in [1.29, 1.82) is 0 Å². The van der Waals surface area contributed by atoms with Gasteiger partial charge in [0.05, 0.1) is 6.20 Å². The number of carbonyl (C=O) groups excluding carboxylic acids is 1. The van der Waals surface area contributed by atoms with Crippen LogP contribution >= 0.6 is 0 Å². The molecule has 1 amide bonds. The Morgan fingerprint density at radius 1 is 1.23 bits per heavy atom. The van der Waals surface area contributed by atoms with Gasteiger partial charge in [0.2, 0.25) is 0 Å². The molecule has 0 spiro atoms. The van der Waals surface area contributed by atoms with Gasteiger partial charge in [0.25, 0.3) is 5.91 Å². The number of benzene rings is 1. The zero-order valence-electron chi connectivity index (χ0n) is 13.8. The number of hydrogen-bond donors (Lipinski definition) is 1. The summed E-state index contributed by atoms with van der Waals surface area (Å²) >= 11 is 0. The number of halogens is 2. The molecule has 1 atom stereocenters. The number of rotatable bonds is 3. The summed E-state index contributed by atoms with van der Waals surface area (Å²) in [5.41, 5.74) is 8.42. The molecule has 2 N–H and O–H groups in total. The predicted molar refractivity (Wildman–Crippen MR) is 91.0 cm³/mol. The fourth-order valence-corrected chi connectivity index (χ4v) is 3.65. The van der Waals surface area contributed by atoms with Gasteiger partial charge >= 0.3 is 0 Å². The van der Waals surface area contributed by atoms with E-state index in [9.17, 15) is 13.6 Å². The SMILES string of the molecule is NC(=O)c1ncccc1[C@H]1CCCc2c1cnn2-c1ccc(F)cc1F. The Morgan fingerprint density at radius 2 is 2.08 bits per heavy atom. The van der Waals surface area contributed by atoms with E-state index in [1.54, 1.807) is 12.3 Å². The highest BCUT2D eigenvalue weighted by molar-refractivity contribution is 5.92. The third kappa shape index (κ3) is 2.65. The van der Waals surface area contributed by atoms with Crippen molar-refractivity contribution in [2.75, 3.05) is 0 Å². The van der Waals surface area contributed by atoms with Crippen LogP contribution in [0.15, 0.2) is 42.7 Å². The van der Waals surface area contributed by atoms with Gasteiger partial charge in [-0.15, -0.1) is 0 Å². The minimum atomic E-state index is -0.669. The van der Waals surface area contributed by atoms with Gasteiger partial charge in [-0.3, -0.25) is 9.78 Å². The standard InChI is InChI=1S/C19H16F2N4O/c20-11-6-7-17(15(21)9-11)25-16-5-1-3-12(14(16)10-24-25)13-4-2-8-23-18(13)19(22)26/h2,4,6-10,12H,1,3,5H2,(H2,22,26)/t12-/m1/s1. The second kappa shape index (κ2) is 6.33. The smallest absolute Gasteiger partial charge is 0.267 e. The minimum Gasteiger partial charge on any atom is -0.364 e. The number of pyridine rings is 1. The Balaban J connectivity index is 1.82. The number of aromatic nitrogens is 3. The van der Waals surface area contributed by atoms with E-state index >= 15 is 0 Å². The van der Waals surface area contributed by atoms with E-state index in [2.05, 4.69) is 10.1 Å². The Bertz CT molecular complexity index is 999. The highest BCUT2D eigenvalue weighted by Gasteiger charge is 2.29. The second-order valence-corrected chi connectivity index (χ2v) is 6.30. The lowest BCUT2D eigenvalue weighted by atomic mass is 9.81. The quantitative estimate of drug-likeness (QED) is 0.785. The molecule has 2 heterocycles. The van der Waals surface area contributed by atoms with Crippen LogP contribution in [0.3, 0.4) is 0 Å². The summed E-state index contributed by atoms with van der Waals surface area (Å²) in [5.74, 6) is -1.97. The van der Waals surface area contributed by atoms with E-state index in [0.29, 0.717) is 0 Å². The van der Waals surface area contributed by atoms with Crippen molar-refractivity contribution in [3.8, 4) is 5.69 Å². The molecule has 132 valence electrons. The van der Waals surface area contributed by atoms with Crippen molar-refractivity contribution in [2.45, 2.75) is 25.2 Å². The first-order chi connectivity index (χ1) is 12.6. The first-order valence-corrected chi connectivity index (χ1v) is 8.33. The Hall–Kier alpha value is -3.09. The van der Waals surface area contributed by atoms with E-state index in [4.69, 9.17) is 5.73 Å². The van der Waals surface area contributed by atoms with Crippen molar-refractivity contribution < 1.29 is 13.6 Å². The van der Waals surface area contributed by atoms with Gasteiger partial charge in [0, 0.05) is 29.4 Å². The molecule has 1 aliphatic carbocycles. The van der Waals surface area contributed by atoms with Gasteiger partial charge in [0.1, 0.15) is 17.2 Å². The number of amides is 1. The van der Waals surface area contributed by atoms with Crippen LogP contribution in [0.25, 0.3) is 5.69 Å². The van der Waals surface area contributed by atoms with Gasteiger partial charge in [-0.2, -0.15) is 5.10 Å². The van der Waals surface area contributed by atoms with Gasteiger partial charge in [-0.05, 0) is 43.0 Å². The van der Waals surface area contributed by atoms with E-state index in [-0.39, 0.29) is 17.3 Å². The molecule has 1 aromatic carbocycles. The lowest BCUT2D eigenvalue weighted by molar-refractivity contribution is 0.0994. The van der Waals surface area contributed by atoms with Crippen LogP contribution in [0, 0.1) is 11.6 Å². The molecular formula is C19H16F2N4O. The fraction of sp³-hybridized carbons (Fsp3) is 0.211. The number of fused-ring (bicyclic) bond motifs is 1. The van der Waals surface area contributed by atoms with Gasteiger partial charge in [0.15, 0.2) is 5.82 Å². The fourth-order valence-electron chi connectivity index (χ4n) is 3.65. The van der Waals surface area contributed by atoms with Gasteiger partial charge in [-0.1, -0.05) is 6.07 Å². The molecule has 2 aromatic heterocycles. The summed E-state index contributed by atoms with van der Waals surface area (Å²) in [6.45, 7) is 0. The van der Waals surface area contributed by atoms with Crippen LogP contribution in [0.2, 0.25) is 0 Å². The van der Waals surface area contributed by atoms with E-state index in [1.165, 1.54) is 23.0 Å². The molecule has 0 unspecified atom stereocenters. The Labute approximate surface area is 148 Å². The van der Waals surface area contributed by atoms with Crippen LogP contribution < -0.4 is 5.73 Å². The number of carbonyl (C=O) groups is 1. The number of nitrogens with zero attached hydrogens (tertiary/aromatic N) is 3. The summed E-state index contributed by atoms with van der Waals surface area (Å²) in [5, 5.41) is 4.33. The Morgan fingerprint density at radius 3 is 2.85 bits per heavy atom. The first kappa shape index (κ1) is 16.4. The molecule has 7 heteroatoms. The maximum atomic E-state index is 14.2. The summed E-state index contributed by atoms with van der Waals surface area (Å²) in [6, 6.07) is 7.03. The van der Waals surface area contributed by atoms with Crippen LogP contribution in [-0.2, 0) is 6.42 Å². The molecule has 1 aliphatic rings. The van der Waals surface area contributed by atoms with E-state index < -0.39 is 17.5 Å². The average molecular weight is 354 g/mol. The highest BCUT2D eigenvalue weighted by atomic mass is 19.1. The monoisotopic (exact) mass is 354 g/mol. The number of primary amides is 1. The molecule has 4 rings (SSSR count). The summed E-state index contributed by atoms with van der Waals surface area (Å²) in [7, 11) is 0. The maximum absolute atomic E-state index is 14.2. The topological polar surface area (TPSA) is 73.8 Å². The van der Waals surface area contributed by atoms with Gasteiger partial charge in [-0.25, -0.2) is 13.5 Å². The van der Waals surface area contributed by atoms with Crippen molar-refractivity contribution in [1.82, 2.24) is 14.8 Å². The highest BCUT2D eigenvalue weighted by Crippen LogP contribution is 2.38. The molecule has 0 radical (unpaired) electrons. The molecule has 26 heavy (non-hydrogen) atoms. The minimum absolute atomic E-state index is 0.0905. The van der Waals surface area contributed by atoms with Crippen molar-refractivity contribution in [2.24, 2.45) is 5.73 Å². The van der Waals surface area contributed by atoms with Crippen molar-refractivity contribution in [3.63, 3.8) is 0 Å². The van der Waals surface area contributed by atoms with Crippen LogP contribution in [0.4, 0.5) is 8.78 Å².